The first-order chi connectivity index (χ1) is 7.99. The summed E-state index contributed by atoms with van der Waals surface area (Å²) >= 11 is 10.8. The molecule has 0 fully saturated rings. The van der Waals surface area contributed by atoms with E-state index in [2.05, 4.69) is 15.9 Å². The van der Waals surface area contributed by atoms with Gasteiger partial charge in [-0.1, -0.05) is 27.5 Å². The lowest BCUT2D eigenvalue weighted by Gasteiger charge is -2.03. The van der Waals surface area contributed by atoms with Gasteiger partial charge in [-0.3, -0.25) is 4.79 Å². The number of rotatable bonds is 2. The second kappa shape index (κ2) is 4.92. The van der Waals surface area contributed by atoms with Crippen molar-refractivity contribution in [1.29, 1.82) is 0 Å². The van der Waals surface area contributed by atoms with E-state index in [-0.39, 0.29) is 5.78 Å². The molecule has 17 heavy (non-hydrogen) atoms. The highest BCUT2D eigenvalue weighted by Crippen LogP contribution is 2.28. The number of carbonyl (C=O) groups is 1. The van der Waals surface area contributed by atoms with E-state index in [1.165, 1.54) is 11.3 Å². The van der Waals surface area contributed by atoms with Crippen LogP contribution in [0, 0.1) is 13.8 Å². The molecule has 0 atom stereocenters. The summed E-state index contributed by atoms with van der Waals surface area (Å²) in [7, 11) is 0. The molecule has 0 aliphatic heterocycles. The van der Waals surface area contributed by atoms with Gasteiger partial charge in [0.1, 0.15) is 0 Å². The summed E-state index contributed by atoms with van der Waals surface area (Å²) in [6.07, 6.45) is 0. The van der Waals surface area contributed by atoms with E-state index in [4.69, 9.17) is 11.6 Å². The zero-order valence-corrected chi connectivity index (χ0v) is 12.5. The molecule has 0 radical (unpaired) electrons. The minimum absolute atomic E-state index is 0.0231. The summed E-state index contributed by atoms with van der Waals surface area (Å²) in [5.41, 5.74) is 1.63. The SMILES string of the molecule is Cc1cc(C)c(C(=O)c2cc(Cl)ccc2Br)s1. The normalized spacial score (nSPS) is 10.6. The van der Waals surface area contributed by atoms with Crippen molar-refractivity contribution in [3.63, 3.8) is 0 Å². The highest BCUT2D eigenvalue weighted by Gasteiger charge is 2.17. The lowest BCUT2D eigenvalue weighted by molar-refractivity contribution is 0.104. The van der Waals surface area contributed by atoms with Gasteiger partial charge < -0.3 is 0 Å². The number of halogens is 2. The molecule has 0 aliphatic rings. The average Bonchev–Trinajstić information content (AvgIpc) is 2.60. The third-order valence-electron chi connectivity index (χ3n) is 2.42. The topological polar surface area (TPSA) is 17.1 Å². The van der Waals surface area contributed by atoms with Crippen LogP contribution in [0.3, 0.4) is 0 Å². The molecular weight excluding hydrogens is 320 g/mol. The van der Waals surface area contributed by atoms with Gasteiger partial charge in [-0.05, 0) is 43.7 Å². The zero-order valence-electron chi connectivity index (χ0n) is 9.38. The molecule has 0 spiro atoms. The number of benzene rings is 1. The smallest absolute Gasteiger partial charge is 0.204 e. The van der Waals surface area contributed by atoms with Crippen molar-refractivity contribution >= 4 is 44.7 Å². The van der Waals surface area contributed by atoms with Crippen LogP contribution >= 0.6 is 38.9 Å². The van der Waals surface area contributed by atoms with E-state index in [1.54, 1.807) is 18.2 Å². The monoisotopic (exact) mass is 328 g/mol. The first-order valence-electron chi connectivity index (χ1n) is 5.06. The second-order valence-corrected chi connectivity index (χ2v) is 6.37. The lowest BCUT2D eigenvalue weighted by Crippen LogP contribution is -2.01. The fourth-order valence-electron chi connectivity index (χ4n) is 1.66. The van der Waals surface area contributed by atoms with Crippen molar-refractivity contribution in [3.05, 3.63) is 54.6 Å². The van der Waals surface area contributed by atoms with E-state index in [1.807, 2.05) is 19.9 Å². The summed E-state index contributed by atoms with van der Waals surface area (Å²) in [6.45, 7) is 3.96. The van der Waals surface area contributed by atoms with Crippen LogP contribution in [0.2, 0.25) is 5.02 Å². The van der Waals surface area contributed by atoms with Crippen molar-refractivity contribution in [2.24, 2.45) is 0 Å². The first kappa shape index (κ1) is 12.8. The number of hydrogen-bond donors (Lipinski definition) is 0. The minimum atomic E-state index is 0.0231. The predicted molar refractivity (Wildman–Crippen MR) is 76.4 cm³/mol. The van der Waals surface area contributed by atoms with Gasteiger partial charge in [0, 0.05) is 19.9 Å². The molecule has 4 heteroatoms. The van der Waals surface area contributed by atoms with Crippen molar-refractivity contribution in [3.8, 4) is 0 Å². The molecule has 0 bridgehead atoms. The van der Waals surface area contributed by atoms with Gasteiger partial charge in [0.25, 0.3) is 0 Å². The molecule has 0 amide bonds. The van der Waals surface area contributed by atoms with E-state index in [9.17, 15) is 4.79 Å². The number of carbonyl (C=O) groups excluding carboxylic acids is 1. The van der Waals surface area contributed by atoms with Crippen molar-refractivity contribution in [2.45, 2.75) is 13.8 Å². The number of ketones is 1. The van der Waals surface area contributed by atoms with Gasteiger partial charge in [-0.25, -0.2) is 0 Å². The van der Waals surface area contributed by atoms with Crippen LogP contribution in [0.15, 0.2) is 28.7 Å². The molecule has 1 nitrogen and oxygen atoms in total. The molecule has 1 heterocycles. The number of thiophene rings is 1. The van der Waals surface area contributed by atoms with Gasteiger partial charge in [-0.2, -0.15) is 0 Å². The van der Waals surface area contributed by atoms with Gasteiger partial charge in [0.05, 0.1) is 4.88 Å². The Morgan fingerprint density at radius 1 is 1.29 bits per heavy atom. The molecule has 2 aromatic rings. The maximum atomic E-state index is 12.4. The standard InChI is InChI=1S/C13H10BrClOS/c1-7-5-8(2)17-13(7)12(16)10-6-9(15)3-4-11(10)14/h3-6H,1-2H3. The molecular formula is C13H10BrClOS. The van der Waals surface area contributed by atoms with Crippen LogP contribution in [0.4, 0.5) is 0 Å². The fraction of sp³-hybridized carbons (Fsp3) is 0.154. The average molecular weight is 330 g/mol. The van der Waals surface area contributed by atoms with Crippen LogP contribution in [-0.4, -0.2) is 5.78 Å². The van der Waals surface area contributed by atoms with Crippen molar-refractivity contribution in [1.82, 2.24) is 0 Å². The Kier molecular flexibility index (Phi) is 3.71. The fourth-order valence-corrected chi connectivity index (χ4v) is 3.24. The molecule has 0 saturated carbocycles. The van der Waals surface area contributed by atoms with Gasteiger partial charge in [0.15, 0.2) is 0 Å². The van der Waals surface area contributed by atoms with Crippen molar-refractivity contribution in [2.75, 3.05) is 0 Å². The molecule has 0 N–H and O–H groups in total. The molecule has 1 aromatic heterocycles. The molecule has 1 aromatic carbocycles. The van der Waals surface area contributed by atoms with Crippen LogP contribution < -0.4 is 0 Å². The van der Waals surface area contributed by atoms with Crippen LogP contribution in [0.25, 0.3) is 0 Å². The third kappa shape index (κ3) is 2.62. The van der Waals surface area contributed by atoms with E-state index >= 15 is 0 Å². The Morgan fingerprint density at radius 2 is 2.00 bits per heavy atom. The first-order valence-corrected chi connectivity index (χ1v) is 7.04. The van der Waals surface area contributed by atoms with Gasteiger partial charge in [0.2, 0.25) is 5.78 Å². The number of hydrogen-bond acceptors (Lipinski definition) is 2. The number of aryl methyl sites for hydroxylation is 2. The second-order valence-electron chi connectivity index (χ2n) is 3.82. The summed E-state index contributed by atoms with van der Waals surface area (Å²) in [6, 6.07) is 7.28. The molecule has 88 valence electrons. The van der Waals surface area contributed by atoms with Crippen LogP contribution in [0.5, 0.6) is 0 Å². The van der Waals surface area contributed by atoms with Crippen LogP contribution in [-0.2, 0) is 0 Å². The van der Waals surface area contributed by atoms with Crippen LogP contribution in [0.1, 0.15) is 25.7 Å². The highest BCUT2D eigenvalue weighted by atomic mass is 79.9. The largest absolute Gasteiger partial charge is 0.288 e. The molecule has 0 unspecified atom stereocenters. The summed E-state index contributed by atoms with van der Waals surface area (Å²) < 4.78 is 0.775. The van der Waals surface area contributed by atoms with E-state index < -0.39 is 0 Å². The summed E-state index contributed by atoms with van der Waals surface area (Å²) in [4.78, 5) is 14.3. The Labute approximate surface area is 118 Å². The quantitative estimate of drug-likeness (QED) is 0.708. The zero-order chi connectivity index (χ0) is 12.6. The highest BCUT2D eigenvalue weighted by molar-refractivity contribution is 9.10. The molecule has 2 rings (SSSR count). The Bertz CT molecular complexity index is 589. The maximum absolute atomic E-state index is 12.4. The lowest BCUT2D eigenvalue weighted by atomic mass is 10.1. The Balaban J connectivity index is 2.50. The molecule has 0 aliphatic carbocycles. The van der Waals surface area contributed by atoms with Gasteiger partial charge in [-0.15, -0.1) is 11.3 Å². The molecule has 0 saturated heterocycles. The summed E-state index contributed by atoms with van der Waals surface area (Å²) in [5.74, 6) is 0.0231. The minimum Gasteiger partial charge on any atom is -0.288 e. The third-order valence-corrected chi connectivity index (χ3v) is 4.50. The van der Waals surface area contributed by atoms with Crippen molar-refractivity contribution < 1.29 is 4.79 Å². The van der Waals surface area contributed by atoms with E-state index in [0.29, 0.717) is 10.6 Å². The Morgan fingerprint density at radius 3 is 2.59 bits per heavy atom. The Hall–Kier alpha value is -0.640. The summed E-state index contributed by atoms with van der Waals surface area (Å²) in [5, 5.41) is 0.572. The van der Waals surface area contributed by atoms with Gasteiger partial charge >= 0.3 is 0 Å². The van der Waals surface area contributed by atoms with E-state index in [0.717, 1.165) is 19.8 Å². The maximum Gasteiger partial charge on any atom is 0.204 e. The predicted octanol–water partition coefficient (Wildman–Crippen LogP) is 5.01.